The number of alkyl halides is 6. The van der Waals surface area contributed by atoms with Crippen LogP contribution in [0, 0.1) is 0 Å². The Bertz CT molecular complexity index is 3780. The smallest absolute Gasteiger partial charge is 0.422 e. The molecular formula is C61H66Cl2F6N16O12. The molecule has 28 nitrogen and oxygen atoms in total. The highest BCUT2D eigenvalue weighted by Crippen LogP contribution is 2.49. The van der Waals surface area contributed by atoms with Gasteiger partial charge in [0.25, 0.3) is 11.8 Å². The van der Waals surface area contributed by atoms with Crippen LogP contribution in [0.2, 0.25) is 10.0 Å². The first-order valence-corrected chi connectivity index (χ1v) is 30.2. The summed E-state index contributed by atoms with van der Waals surface area (Å²) in [7, 11) is 6.80. The molecule has 8 N–H and O–H groups in total. The van der Waals surface area contributed by atoms with E-state index in [1.54, 1.807) is 31.2 Å². The van der Waals surface area contributed by atoms with Crippen LogP contribution in [-0.4, -0.2) is 180 Å². The maximum absolute atomic E-state index is 13.0. The summed E-state index contributed by atoms with van der Waals surface area (Å²) in [5, 5.41) is 23.1. The lowest BCUT2D eigenvalue weighted by molar-refractivity contribution is -0.155. The van der Waals surface area contributed by atoms with Gasteiger partial charge >= 0.3 is 59.9 Å². The number of halogens is 8. The summed E-state index contributed by atoms with van der Waals surface area (Å²) in [5.74, 6) is -6.35. The number of nitrogens with zero attached hydrogens (tertiary/aromatic N) is 8. The van der Waals surface area contributed by atoms with Crippen LogP contribution in [0.15, 0.2) is 97.1 Å². The van der Waals surface area contributed by atoms with E-state index in [9.17, 15) is 64.7 Å². The number of ether oxygens (including phenoxy) is 4. The van der Waals surface area contributed by atoms with Crippen molar-refractivity contribution in [2.24, 2.45) is 0 Å². The van der Waals surface area contributed by atoms with Gasteiger partial charge in [-0.15, -0.1) is 0 Å². The van der Waals surface area contributed by atoms with Gasteiger partial charge in [-0.3, -0.25) is 28.8 Å². The Hall–Kier alpha value is -10.4. The Morgan fingerprint density at radius 3 is 1.19 bits per heavy atom. The fraction of sp³-hybridized carbons (Fsp3) is 0.377. The maximum Gasteiger partial charge on any atom is 0.422 e. The molecule has 6 amide bonds. The number of carbonyl (C=O) groups is 8. The summed E-state index contributed by atoms with van der Waals surface area (Å²) in [4.78, 5) is 125. The van der Waals surface area contributed by atoms with Crippen LogP contribution in [0.4, 0.5) is 61.5 Å². The van der Waals surface area contributed by atoms with Crippen LogP contribution in [0.5, 0.6) is 12.0 Å². The van der Waals surface area contributed by atoms with E-state index in [2.05, 4.69) is 72.4 Å². The van der Waals surface area contributed by atoms with E-state index in [0.717, 1.165) is 28.0 Å². The van der Waals surface area contributed by atoms with Crippen LogP contribution in [-0.2, 0) is 49.3 Å². The zero-order valence-electron chi connectivity index (χ0n) is 52.7. The highest BCUT2D eigenvalue weighted by Gasteiger charge is 2.46. The molecule has 2 aromatic heterocycles. The van der Waals surface area contributed by atoms with Gasteiger partial charge in [0.2, 0.25) is 23.8 Å². The SMILES string of the molecule is CCOC(=O)[C@H](CCNC(=O)C(=O)N(C)C)NC(=O)c1ccc(Nc2nc(NC3(c4ccc(Cl)cc4)CC3)nc(OCC(F)(F)F)n2)cc1.COC(=O)[C@H](CCNC(=O)C(=O)N(C)C)NC(=O)c1ccc(Nc2nc(NC3(c4ccc(Cl)cc4)CC3)nc(OCC(F)(F)F)n2)cc1. The van der Waals surface area contributed by atoms with E-state index < -0.39 is 108 Å². The van der Waals surface area contributed by atoms with Crippen molar-refractivity contribution in [3.05, 3.63) is 129 Å². The van der Waals surface area contributed by atoms with Crippen molar-refractivity contribution in [2.45, 2.75) is 81.0 Å². The first kappa shape index (κ1) is 74.0. The zero-order chi connectivity index (χ0) is 70.8. The topological polar surface area (TPSA) is 354 Å². The van der Waals surface area contributed by atoms with Crippen LogP contribution >= 0.6 is 23.2 Å². The lowest BCUT2D eigenvalue weighted by Gasteiger charge is -2.19. The number of hydrogen-bond acceptors (Lipinski definition) is 22. The van der Waals surface area contributed by atoms with Crippen LogP contribution in [0.3, 0.4) is 0 Å². The quantitative estimate of drug-likeness (QED) is 0.0150. The second-order valence-corrected chi connectivity index (χ2v) is 22.9. The Morgan fingerprint density at radius 1 is 0.515 bits per heavy atom. The minimum atomic E-state index is -4.63. The normalized spacial score (nSPS) is 13.8. The van der Waals surface area contributed by atoms with Gasteiger partial charge < -0.3 is 71.3 Å². The molecule has 0 spiro atoms. The summed E-state index contributed by atoms with van der Waals surface area (Å²) in [6, 6.07) is 22.5. The van der Waals surface area contributed by atoms with E-state index in [1.165, 1.54) is 76.7 Å². The molecule has 36 heteroatoms. The molecule has 8 rings (SSSR count). The van der Waals surface area contributed by atoms with Crippen LogP contribution < -0.4 is 52.0 Å². The summed E-state index contributed by atoms with van der Waals surface area (Å²) in [5.41, 5.74) is 1.73. The van der Waals surface area contributed by atoms with E-state index >= 15 is 0 Å². The van der Waals surface area contributed by atoms with Crippen molar-refractivity contribution < 1.29 is 83.6 Å². The molecule has 0 radical (unpaired) electrons. The summed E-state index contributed by atoms with van der Waals surface area (Å²) < 4.78 is 96.8. The maximum atomic E-state index is 13.0. The largest absolute Gasteiger partial charge is 0.467 e. The van der Waals surface area contributed by atoms with Gasteiger partial charge in [0.15, 0.2) is 13.2 Å². The van der Waals surface area contributed by atoms with Crippen LogP contribution in [0.25, 0.3) is 0 Å². The van der Waals surface area contributed by atoms with Crippen molar-refractivity contribution in [3.63, 3.8) is 0 Å². The van der Waals surface area contributed by atoms with Crippen molar-refractivity contribution >= 4 is 106 Å². The number of carbonyl (C=O) groups excluding carboxylic acids is 8. The lowest BCUT2D eigenvalue weighted by Crippen LogP contribution is -2.45. The second kappa shape index (κ2) is 32.8. The Balaban J connectivity index is 0.000000273. The average Bonchev–Trinajstić information content (AvgIpc) is 1.63. The number of benzene rings is 4. The number of anilines is 6. The standard InChI is InChI=1S/C31H34ClF3N8O6.C30H32ClF3N8O6/c1-4-48-26(47)22(13-16-36-24(45)25(46)43(2)3)38-23(44)18-5-11-21(12-6-18)37-27-39-28(41-29(40-27)49-17-31(33,34)35)42-30(14-15-30)19-7-9-20(32)10-8-19;1-42(2)24(45)23(44)35-15-12-21(25(46)47-3)37-22(43)17-4-10-20(11-5-17)36-26-38-27(40-28(39-26)48-16-30(32,33)34)41-29(13-14-29)18-6-8-19(31)9-7-18/h5-12,22H,4,13-17H2,1-3H3,(H,36,45)(H,38,44)(H2,37,39,40,41,42);4-11,21H,12-16H2,1-3H3,(H,35,44)(H,37,43)(H2,36,38,39,40,41)/t22-;21-/m00/s1. The molecule has 4 aromatic carbocycles. The third-order valence-corrected chi connectivity index (χ3v) is 14.6. The predicted molar refractivity (Wildman–Crippen MR) is 338 cm³/mol. The number of rotatable bonds is 27. The van der Waals surface area contributed by atoms with Gasteiger partial charge in [-0.2, -0.15) is 56.2 Å². The van der Waals surface area contributed by atoms with Crippen molar-refractivity contribution in [2.75, 3.05) is 89.5 Å². The number of nitrogens with one attached hydrogen (secondary N) is 8. The van der Waals surface area contributed by atoms with E-state index in [1.807, 2.05) is 24.3 Å². The molecule has 2 fully saturated rings. The van der Waals surface area contributed by atoms with Gasteiger partial charge in [-0.1, -0.05) is 47.5 Å². The summed E-state index contributed by atoms with van der Waals surface area (Å²) >= 11 is 12.0. The number of amides is 6. The van der Waals surface area contributed by atoms with Gasteiger partial charge in [-0.05, 0) is 129 Å². The fourth-order valence-corrected chi connectivity index (χ4v) is 9.05. The molecule has 0 bridgehead atoms. The summed E-state index contributed by atoms with van der Waals surface area (Å²) in [6.45, 7) is -1.77. The third-order valence-electron chi connectivity index (χ3n) is 14.1. The van der Waals surface area contributed by atoms with Crippen molar-refractivity contribution in [3.8, 4) is 12.0 Å². The van der Waals surface area contributed by atoms with E-state index in [0.29, 0.717) is 47.1 Å². The fourth-order valence-electron chi connectivity index (χ4n) is 8.80. The van der Waals surface area contributed by atoms with E-state index in [4.69, 9.17) is 42.1 Å². The van der Waals surface area contributed by atoms with Crippen molar-refractivity contribution in [1.29, 1.82) is 0 Å². The van der Waals surface area contributed by atoms with Crippen molar-refractivity contribution in [1.82, 2.24) is 61.0 Å². The van der Waals surface area contributed by atoms with Gasteiger partial charge in [0.05, 0.1) is 24.8 Å². The highest BCUT2D eigenvalue weighted by molar-refractivity contribution is 6.35. The number of aromatic nitrogens is 6. The Morgan fingerprint density at radius 2 is 0.866 bits per heavy atom. The third kappa shape index (κ3) is 22.6. The molecule has 518 valence electrons. The predicted octanol–water partition coefficient (Wildman–Crippen LogP) is 6.74. The van der Waals surface area contributed by atoms with Gasteiger partial charge in [-0.25, -0.2) is 9.59 Å². The number of hydrogen-bond donors (Lipinski definition) is 8. The minimum Gasteiger partial charge on any atom is -0.467 e. The van der Waals surface area contributed by atoms with Crippen LogP contribution in [0.1, 0.15) is 77.3 Å². The number of methoxy groups -OCH3 is 1. The monoisotopic (exact) mass is 1400 g/mol. The van der Waals surface area contributed by atoms with E-state index in [-0.39, 0.29) is 67.5 Å². The van der Waals surface area contributed by atoms with Gasteiger partial charge in [0.1, 0.15) is 12.1 Å². The van der Waals surface area contributed by atoms with Gasteiger partial charge in [0, 0.05) is 73.8 Å². The highest BCUT2D eigenvalue weighted by atomic mass is 35.5. The molecule has 2 heterocycles. The molecule has 97 heavy (non-hydrogen) atoms. The summed E-state index contributed by atoms with van der Waals surface area (Å²) in [6.07, 6.45) is -6.50. The molecule has 0 saturated heterocycles. The first-order valence-electron chi connectivity index (χ1n) is 29.4. The molecule has 2 aliphatic carbocycles. The molecule has 0 unspecified atom stereocenters. The second-order valence-electron chi connectivity index (χ2n) is 22.0. The Labute approximate surface area is 560 Å². The molecule has 0 aliphatic heterocycles. The number of likely N-dealkylation sites (N-methyl/N-ethyl adjacent to an activating group) is 2. The average molecular weight is 1400 g/mol. The first-order chi connectivity index (χ1) is 45.8. The molecule has 2 atom stereocenters. The number of esters is 2. The molecular weight excluding hydrogens is 1330 g/mol. The minimum absolute atomic E-state index is 0.0228. The lowest BCUT2D eigenvalue weighted by atomic mass is 10.1. The molecule has 6 aromatic rings. The molecule has 2 aliphatic rings. The Kier molecular flexibility index (Phi) is 25.1. The zero-order valence-corrected chi connectivity index (χ0v) is 54.2. The molecule has 2 saturated carbocycles.